The minimum atomic E-state index is -4.61. The van der Waals surface area contributed by atoms with E-state index in [1.54, 1.807) is 24.3 Å². The molecule has 0 saturated heterocycles. The van der Waals surface area contributed by atoms with E-state index >= 15 is 0 Å². The second-order valence-electron chi connectivity index (χ2n) is 6.77. The number of carbonyl (C=O) groups is 1. The maximum Gasteiger partial charge on any atom is 0.338 e. The molecule has 31 heavy (non-hydrogen) atoms. The van der Waals surface area contributed by atoms with Crippen molar-refractivity contribution in [3.05, 3.63) is 76.3 Å². The van der Waals surface area contributed by atoms with Crippen LogP contribution in [0.15, 0.2) is 53.4 Å². The first-order valence-corrected chi connectivity index (χ1v) is 10.8. The van der Waals surface area contributed by atoms with Gasteiger partial charge in [0, 0.05) is 18.1 Å². The Morgan fingerprint density at radius 1 is 1.03 bits per heavy atom. The van der Waals surface area contributed by atoms with Crippen molar-refractivity contribution in [2.24, 2.45) is 0 Å². The Balaban J connectivity index is 1.97. The van der Waals surface area contributed by atoms with Gasteiger partial charge in [-0.25, -0.2) is 22.0 Å². The molecule has 1 heterocycles. The van der Waals surface area contributed by atoms with Crippen molar-refractivity contribution in [1.29, 1.82) is 0 Å². The minimum Gasteiger partial charge on any atom is -0.505 e. The van der Waals surface area contributed by atoms with Crippen molar-refractivity contribution in [2.75, 3.05) is 11.3 Å². The van der Waals surface area contributed by atoms with Gasteiger partial charge in [-0.05, 0) is 29.3 Å². The summed E-state index contributed by atoms with van der Waals surface area (Å²) in [5, 5.41) is 9.74. The van der Waals surface area contributed by atoms with Crippen molar-refractivity contribution in [3.63, 3.8) is 0 Å². The number of anilines is 1. The Labute approximate surface area is 181 Å². The number of esters is 1. The Bertz CT molecular complexity index is 1330. The molecule has 0 radical (unpaired) electrons. The SMILES string of the molecule is O=C1OCCc2ccccc2-c2cc(c(F)cc2F)NS(=O)(=O)c2cc1cc(Cl)c2O. The van der Waals surface area contributed by atoms with Crippen LogP contribution in [0.1, 0.15) is 15.9 Å². The number of cyclic esters (lactones) is 1. The third-order valence-electron chi connectivity index (χ3n) is 4.77. The van der Waals surface area contributed by atoms with Crippen molar-refractivity contribution in [2.45, 2.75) is 11.3 Å². The number of halogens is 3. The van der Waals surface area contributed by atoms with Crippen molar-refractivity contribution < 1.29 is 31.8 Å². The molecule has 0 aromatic heterocycles. The number of phenols is 1. The third kappa shape index (κ3) is 3.94. The summed E-state index contributed by atoms with van der Waals surface area (Å²) < 4.78 is 62.0. The van der Waals surface area contributed by atoms with E-state index in [1.165, 1.54) is 0 Å². The van der Waals surface area contributed by atoms with Gasteiger partial charge in [-0.1, -0.05) is 35.9 Å². The molecule has 160 valence electrons. The molecule has 2 N–H and O–H groups in total. The van der Waals surface area contributed by atoms with Gasteiger partial charge in [0.2, 0.25) is 0 Å². The highest BCUT2D eigenvalue weighted by Gasteiger charge is 2.26. The van der Waals surface area contributed by atoms with Gasteiger partial charge in [0.15, 0.2) is 5.75 Å². The average Bonchev–Trinajstić information content (AvgIpc) is 2.71. The smallest absolute Gasteiger partial charge is 0.338 e. The van der Waals surface area contributed by atoms with Gasteiger partial charge in [0.1, 0.15) is 16.5 Å². The number of ether oxygens (including phenoxy) is 1. The summed E-state index contributed by atoms with van der Waals surface area (Å²) in [6.07, 6.45) is 0.221. The fourth-order valence-electron chi connectivity index (χ4n) is 3.27. The van der Waals surface area contributed by atoms with Crippen molar-refractivity contribution >= 4 is 33.3 Å². The second-order valence-corrected chi connectivity index (χ2v) is 8.82. The normalized spacial score (nSPS) is 15.3. The fraction of sp³-hybridized carbons (Fsp3) is 0.0952. The zero-order valence-electron chi connectivity index (χ0n) is 15.7. The number of fused-ring (bicyclic) bond motifs is 6. The third-order valence-corrected chi connectivity index (χ3v) is 6.43. The number of nitrogens with one attached hydrogen (secondary N) is 1. The molecule has 0 amide bonds. The highest BCUT2D eigenvalue weighted by molar-refractivity contribution is 7.92. The van der Waals surface area contributed by atoms with Crippen molar-refractivity contribution in [1.82, 2.24) is 0 Å². The van der Waals surface area contributed by atoms with E-state index in [-0.39, 0.29) is 24.2 Å². The van der Waals surface area contributed by atoms with Crippen LogP contribution in [-0.4, -0.2) is 26.1 Å². The van der Waals surface area contributed by atoms with Gasteiger partial charge in [-0.15, -0.1) is 0 Å². The van der Waals surface area contributed by atoms with E-state index in [2.05, 4.69) is 0 Å². The molecule has 1 aliphatic heterocycles. The number of hydrogen-bond donors (Lipinski definition) is 2. The Kier molecular flexibility index (Phi) is 5.32. The van der Waals surface area contributed by atoms with Crippen LogP contribution in [0.5, 0.6) is 5.75 Å². The molecule has 4 rings (SSSR count). The topological polar surface area (TPSA) is 92.7 Å². The lowest BCUT2D eigenvalue weighted by Crippen LogP contribution is -2.17. The molecule has 6 nitrogen and oxygen atoms in total. The quantitative estimate of drug-likeness (QED) is 0.477. The summed E-state index contributed by atoms with van der Waals surface area (Å²) in [6.45, 7) is -0.0929. The molecule has 0 unspecified atom stereocenters. The van der Waals surface area contributed by atoms with Gasteiger partial charge < -0.3 is 9.84 Å². The van der Waals surface area contributed by atoms with E-state index in [9.17, 15) is 27.1 Å². The van der Waals surface area contributed by atoms with Crippen LogP contribution in [0.25, 0.3) is 11.1 Å². The lowest BCUT2D eigenvalue weighted by atomic mass is 9.97. The first-order chi connectivity index (χ1) is 14.7. The number of hydrogen-bond acceptors (Lipinski definition) is 5. The Morgan fingerprint density at radius 2 is 1.77 bits per heavy atom. The van der Waals surface area contributed by atoms with Crippen LogP contribution in [0.3, 0.4) is 0 Å². The van der Waals surface area contributed by atoms with Crippen LogP contribution in [0.2, 0.25) is 5.02 Å². The predicted molar refractivity (Wildman–Crippen MR) is 110 cm³/mol. The number of carbonyl (C=O) groups excluding carboxylic acids is 1. The van der Waals surface area contributed by atoms with Crippen LogP contribution in [-0.2, 0) is 21.2 Å². The van der Waals surface area contributed by atoms with Gasteiger partial charge in [0.25, 0.3) is 10.0 Å². The zero-order valence-corrected chi connectivity index (χ0v) is 17.2. The molecule has 0 saturated carbocycles. The van der Waals surface area contributed by atoms with Gasteiger partial charge >= 0.3 is 5.97 Å². The first kappa shape index (κ1) is 21.1. The van der Waals surface area contributed by atoms with Gasteiger partial charge in [-0.2, -0.15) is 0 Å². The molecule has 0 fully saturated rings. The molecule has 0 atom stereocenters. The van der Waals surface area contributed by atoms with E-state index in [4.69, 9.17) is 16.3 Å². The summed E-state index contributed by atoms with van der Waals surface area (Å²) in [5.74, 6) is -3.75. The number of phenolic OH excluding ortho intramolecular Hbond substituents is 1. The number of rotatable bonds is 0. The van der Waals surface area contributed by atoms with Crippen LogP contribution >= 0.6 is 11.6 Å². The van der Waals surface area contributed by atoms with Gasteiger partial charge in [-0.3, -0.25) is 4.72 Å². The molecule has 4 bridgehead atoms. The van der Waals surface area contributed by atoms with E-state index < -0.39 is 49.0 Å². The highest BCUT2D eigenvalue weighted by atomic mass is 35.5. The number of aromatic hydroxyl groups is 1. The Hall–Kier alpha value is -3.17. The number of benzene rings is 3. The number of sulfonamides is 1. The fourth-order valence-corrected chi connectivity index (χ4v) is 4.75. The standard InChI is InChI=1S/C21H14ClF2NO5S/c22-15-7-12-8-19(20(15)26)31(28,29)25-18-9-14(16(23)10-17(18)24)13-4-2-1-3-11(13)5-6-30-21(12)27/h1-4,7-10,25-26H,5-6H2. The summed E-state index contributed by atoms with van der Waals surface area (Å²) in [4.78, 5) is 11.7. The molecule has 0 spiro atoms. The lowest BCUT2D eigenvalue weighted by molar-refractivity contribution is 0.0509. The van der Waals surface area contributed by atoms with Gasteiger partial charge in [0.05, 0.1) is 22.9 Å². The molecule has 0 aliphatic carbocycles. The summed E-state index contributed by atoms with van der Waals surface area (Å²) in [5.41, 5.74) is 0.198. The largest absolute Gasteiger partial charge is 0.505 e. The van der Waals surface area contributed by atoms with Crippen LogP contribution in [0.4, 0.5) is 14.5 Å². The van der Waals surface area contributed by atoms with E-state index in [0.29, 0.717) is 17.2 Å². The van der Waals surface area contributed by atoms with Crippen LogP contribution in [0, 0.1) is 11.6 Å². The summed E-state index contributed by atoms with van der Waals surface area (Å²) in [7, 11) is -4.61. The summed E-state index contributed by atoms with van der Waals surface area (Å²) in [6, 6.07) is 10.2. The van der Waals surface area contributed by atoms with E-state index in [1.807, 2.05) is 4.72 Å². The lowest BCUT2D eigenvalue weighted by Gasteiger charge is -2.16. The molecule has 3 aromatic rings. The Morgan fingerprint density at radius 3 is 2.55 bits per heavy atom. The van der Waals surface area contributed by atoms with E-state index in [0.717, 1.165) is 18.2 Å². The highest BCUT2D eigenvalue weighted by Crippen LogP contribution is 2.36. The maximum absolute atomic E-state index is 14.6. The molecule has 3 aromatic carbocycles. The first-order valence-electron chi connectivity index (χ1n) is 8.97. The molecule has 10 heteroatoms. The molecular weight excluding hydrogens is 452 g/mol. The monoisotopic (exact) mass is 465 g/mol. The minimum absolute atomic E-state index is 0.0471. The zero-order chi connectivity index (χ0) is 22.3. The van der Waals surface area contributed by atoms with Crippen molar-refractivity contribution in [3.8, 4) is 16.9 Å². The predicted octanol–water partition coefficient (Wildman–Crippen LogP) is 4.50. The summed E-state index contributed by atoms with van der Waals surface area (Å²) >= 11 is 5.89. The second kappa shape index (κ2) is 7.82. The molecule has 1 aliphatic rings. The van der Waals surface area contributed by atoms with Crippen LogP contribution < -0.4 is 4.72 Å². The molecular formula is C21H14ClF2NO5S. The maximum atomic E-state index is 14.6. The average molecular weight is 466 g/mol.